The Bertz CT molecular complexity index is 859. The highest BCUT2D eigenvalue weighted by atomic mass is 32.2. The predicted octanol–water partition coefficient (Wildman–Crippen LogP) is 2.27. The molecule has 2 aliphatic heterocycles. The third-order valence-corrected chi connectivity index (χ3v) is 11.8. The lowest BCUT2D eigenvalue weighted by Gasteiger charge is -2.61. The Morgan fingerprint density at radius 2 is 1.93 bits per heavy atom. The lowest BCUT2D eigenvalue weighted by molar-refractivity contribution is -0.142. The molecule has 7 heteroatoms. The Balaban J connectivity index is 1.44. The first-order valence-electron chi connectivity index (χ1n) is 11.0. The third-order valence-electron chi connectivity index (χ3n) is 10.3. The zero-order chi connectivity index (χ0) is 19.7. The number of fused-ring (bicyclic) bond motifs is 4. The summed E-state index contributed by atoms with van der Waals surface area (Å²) in [7, 11) is -3.69. The van der Waals surface area contributed by atoms with Crippen molar-refractivity contribution in [1.82, 2.24) is 4.31 Å². The first kappa shape index (κ1) is 18.3. The minimum atomic E-state index is -3.69. The summed E-state index contributed by atoms with van der Waals surface area (Å²) in [6.45, 7) is 4.36. The zero-order valence-electron chi connectivity index (χ0n) is 16.8. The molecule has 0 aromatic carbocycles. The van der Waals surface area contributed by atoms with Crippen molar-refractivity contribution in [1.29, 1.82) is 0 Å². The molecule has 4 aliphatic carbocycles. The van der Waals surface area contributed by atoms with Crippen molar-refractivity contribution in [3.63, 3.8) is 0 Å². The average Bonchev–Trinajstić information content (AvgIpc) is 3.12. The van der Waals surface area contributed by atoms with Crippen LogP contribution in [0.2, 0.25) is 0 Å². The van der Waals surface area contributed by atoms with E-state index in [1.54, 1.807) is 11.2 Å². The van der Waals surface area contributed by atoms with Crippen LogP contribution in [0.25, 0.3) is 0 Å². The van der Waals surface area contributed by atoms with E-state index in [0.29, 0.717) is 30.0 Å². The summed E-state index contributed by atoms with van der Waals surface area (Å²) < 4.78 is 32.7. The minimum Gasteiger partial charge on any atom is -0.393 e. The molecule has 4 saturated carbocycles. The quantitative estimate of drug-likeness (QED) is 0.672. The Kier molecular flexibility index (Phi) is 3.40. The lowest BCUT2D eigenvalue weighted by Crippen LogP contribution is -2.64. The average molecular weight is 410 g/mol. The minimum absolute atomic E-state index is 0.0186. The third kappa shape index (κ3) is 1.83. The van der Waals surface area contributed by atoms with Gasteiger partial charge in [0.2, 0.25) is 0 Å². The molecule has 0 amide bonds. The van der Waals surface area contributed by atoms with Crippen LogP contribution in [-0.2, 0) is 19.3 Å². The van der Waals surface area contributed by atoms with Crippen LogP contribution in [0.5, 0.6) is 0 Å². The predicted molar refractivity (Wildman–Crippen MR) is 101 cm³/mol. The highest BCUT2D eigenvalue weighted by molar-refractivity contribution is 7.84. The van der Waals surface area contributed by atoms with Gasteiger partial charge in [-0.05, 0) is 81.5 Å². The number of hydrogen-bond acceptors (Lipinski definition) is 5. The number of hydrogen-bond donors (Lipinski definition) is 1. The van der Waals surface area contributed by atoms with Crippen molar-refractivity contribution in [2.24, 2.45) is 34.5 Å². The van der Waals surface area contributed by atoms with Gasteiger partial charge in [-0.2, -0.15) is 12.7 Å². The fourth-order valence-electron chi connectivity index (χ4n) is 9.37. The van der Waals surface area contributed by atoms with Gasteiger partial charge < -0.3 is 5.11 Å². The van der Waals surface area contributed by atoms with Gasteiger partial charge in [0.1, 0.15) is 5.78 Å². The van der Waals surface area contributed by atoms with Crippen molar-refractivity contribution in [2.45, 2.75) is 82.9 Å². The fourth-order valence-corrected chi connectivity index (χ4v) is 11.1. The molecule has 0 aromatic heterocycles. The molecule has 10 atom stereocenters. The van der Waals surface area contributed by atoms with Crippen LogP contribution in [-0.4, -0.2) is 47.9 Å². The molecule has 6 fully saturated rings. The zero-order valence-corrected chi connectivity index (χ0v) is 17.6. The molecule has 2 heterocycles. The second-order valence-electron chi connectivity index (χ2n) is 10.9. The summed E-state index contributed by atoms with van der Waals surface area (Å²) in [5, 5.41) is 10.4. The SMILES string of the molecule is CC(=O)[C@H]1CC[C@H]2[C@@H]3C[C@H]4N5[C@]46C[C@@H](O)CC[C@]6(COS5(=O)=O)[C@H]3CC[C@]12C. The summed E-state index contributed by atoms with van der Waals surface area (Å²) in [4.78, 5) is 12.3. The molecule has 156 valence electrons. The van der Waals surface area contributed by atoms with Crippen LogP contribution in [0, 0.1) is 34.5 Å². The molecule has 6 rings (SSSR count). The number of nitrogens with zero attached hydrogens (tertiary/aromatic N) is 1. The smallest absolute Gasteiger partial charge is 0.339 e. The standard InChI is InChI=1S/C21H31NO5S/c1-12(23)15-3-4-16-14-9-18-21-10-13(24)5-8-20(21,11-27-28(25,26)22(18)21)17(14)6-7-19(15,16)2/h13-18,24H,3-11H2,1-2H3/t13-,14-,15+,16-,17-,18+,19+,20-,21+,22?/m0/s1. The molecule has 0 aromatic rings. The number of Topliss-reactive ketones (excluding diaryl/α,β-unsaturated/α-hetero) is 1. The van der Waals surface area contributed by atoms with E-state index < -0.39 is 21.9 Å². The van der Waals surface area contributed by atoms with Gasteiger partial charge in [0.15, 0.2) is 0 Å². The van der Waals surface area contributed by atoms with E-state index >= 15 is 0 Å². The van der Waals surface area contributed by atoms with Gasteiger partial charge in [0.05, 0.1) is 18.2 Å². The van der Waals surface area contributed by atoms with E-state index in [0.717, 1.165) is 44.9 Å². The van der Waals surface area contributed by atoms with Crippen molar-refractivity contribution < 1.29 is 22.5 Å². The van der Waals surface area contributed by atoms with Crippen LogP contribution < -0.4 is 0 Å². The highest BCUT2D eigenvalue weighted by Crippen LogP contribution is 2.77. The monoisotopic (exact) mass is 409 g/mol. The van der Waals surface area contributed by atoms with Gasteiger partial charge in [-0.25, -0.2) is 0 Å². The van der Waals surface area contributed by atoms with Gasteiger partial charge in [-0.1, -0.05) is 6.92 Å². The van der Waals surface area contributed by atoms with Gasteiger partial charge in [-0.3, -0.25) is 8.98 Å². The van der Waals surface area contributed by atoms with Crippen LogP contribution in [0.1, 0.15) is 65.2 Å². The normalized spacial score (nSPS) is 60.8. The molecule has 1 spiro atoms. The van der Waals surface area contributed by atoms with Gasteiger partial charge in [-0.15, -0.1) is 0 Å². The van der Waals surface area contributed by atoms with Crippen LogP contribution in [0.4, 0.5) is 0 Å². The van der Waals surface area contributed by atoms with Gasteiger partial charge in [0.25, 0.3) is 0 Å². The van der Waals surface area contributed by atoms with Crippen LogP contribution in [0.3, 0.4) is 0 Å². The van der Waals surface area contributed by atoms with Crippen molar-refractivity contribution in [2.75, 3.05) is 6.61 Å². The van der Waals surface area contributed by atoms with Crippen LogP contribution >= 0.6 is 0 Å². The Morgan fingerprint density at radius 3 is 2.68 bits per heavy atom. The maximum Gasteiger partial charge on any atom is 0.339 e. The maximum absolute atomic E-state index is 12.7. The number of ketones is 1. The Morgan fingerprint density at radius 1 is 1.14 bits per heavy atom. The fraction of sp³-hybridized carbons (Fsp3) is 0.952. The highest BCUT2D eigenvalue weighted by Gasteiger charge is 2.85. The second-order valence-corrected chi connectivity index (χ2v) is 12.4. The number of carbonyl (C=O) groups excluding carboxylic acids is 1. The maximum atomic E-state index is 12.7. The molecule has 6 nitrogen and oxygen atoms in total. The molecule has 1 unspecified atom stereocenters. The number of aliphatic hydroxyl groups excluding tert-OH is 1. The number of rotatable bonds is 1. The van der Waals surface area contributed by atoms with E-state index in [1.165, 1.54) is 0 Å². The summed E-state index contributed by atoms with van der Waals surface area (Å²) in [5.41, 5.74) is -0.494. The topological polar surface area (TPSA) is 83.7 Å². The van der Waals surface area contributed by atoms with E-state index in [-0.39, 0.29) is 29.4 Å². The number of aliphatic hydroxyl groups is 1. The van der Waals surface area contributed by atoms with E-state index in [4.69, 9.17) is 4.18 Å². The number of carbonyl (C=O) groups is 1. The van der Waals surface area contributed by atoms with E-state index in [9.17, 15) is 18.3 Å². The molecule has 0 bridgehead atoms. The van der Waals surface area contributed by atoms with Crippen LogP contribution in [0.15, 0.2) is 0 Å². The molecule has 6 aliphatic rings. The largest absolute Gasteiger partial charge is 0.393 e. The summed E-state index contributed by atoms with van der Waals surface area (Å²) in [5.74, 6) is 1.91. The first-order valence-corrected chi connectivity index (χ1v) is 12.4. The molecular weight excluding hydrogens is 378 g/mol. The summed E-state index contributed by atoms with van der Waals surface area (Å²) in [6, 6.07) is -0.0186. The van der Waals surface area contributed by atoms with Crippen molar-refractivity contribution >= 4 is 16.1 Å². The van der Waals surface area contributed by atoms with Gasteiger partial charge in [0, 0.05) is 17.4 Å². The Labute approximate surface area is 167 Å². The van der Waals surface area contributed by atoms with Crippen molar-refractivity contribution in [3.8, 4) is 0 Å². The van der Waals surface area contributed by atoms with E-state index in [1.807, 2.05) is 0 Å². The Hall–Kier alpha value is -0.500. The molecule has 1 N–H and O–H groups in total. The second kappa shape index (κ2) is 5.21. The van der Waals surface area contributed by atoms with E-state index in [2.05, 4.69) is 6.92 Å². The molecular formula is C21H31NO5S. The first-order chi connectivity index (χ1) is 13.2. The molecule has 2 saturated heterocycles. The van der Waals surface area contributed by atoms with Gasteiger partial charge >= 0.3 is 10.3 Å². The van der Waals surface area contributed by atoms with Crippen molar-refractivity contribution in [3.05, 3.63) is 0 Å². The molecule has 28 heavy (non-hydrogen) atoms. The summed E-state index contributed by atoms with van der Waals surface area (Å²) in [6.07, 6.45) is 6.84. The lowest BCUT2D eigenvalue weighted by atomic mass is 9.44. The summed E-state index contributed by atoms with van der Waals surface area (Å²) >= 11 is 0. The molecule has 0 radical (unpaired) electrons.